The zero-order valence-corrected chi connectivity index (χ0v) is 17.1. The van der Waals surface area contributed by atoms with Gasteiger partial charge in [0.05, 0.1) is 5.56 Å². The van der Waals surface area contributed by atoms with E-state index in [9.17, 15) is 9.59 Å². The van der Waals surface area contributed by atoms with Gasteiger partial charge in [-0.1, -0.05) is 18.2 Å². The van der Waals surface area contributed by atoms with Crippen molar-refractivity contribution in [2.75, 3.05) is 6.54 Å². The summed E-state index contributed by atoms with van der Waals surface area (Å²) in [4.78, 5) is 34.8. The molecule has 0 unspecified atom stereocenters. The van der Waals surface area contributed by atoms with E-state index in [1.54, 1.807) is 12.4 Å². The van der Waals surface area contributed by atoms with Crippen molar-refractivity contribution < 1.29 is 4.79 Å². The number of amides is 1. The van der Waals surface area contributed by atoms with Crippen LogP contribution < -0.4 is 10.9 Å². The highest BCUT2D eigenvalue weighted by molar-refractivity contribution is 5.94. The lowest BCUT2D eigenvalue weighted by Crippen LogP contribution is -2.39. The minimum absolute atomic E-state index is 0.00746. The van der Waals surface area contributed by atoms with E-state index in [1.807, 2.05) is 43.3 Å². The van der Waals surface area contributed by atoms with Crippen LogP contribution in [0.15, 0.2) is 53.6 Å². The van der Waals surface area contributed by atoms with Crippen molar-refractivity contribution in [3.05, 3.63) is 75.8 Å². The Hall–Kier alpha value is -2.99. The third-order valence-corrected chi connectivity index (χ3v) is 6.66. The second-order valence-electron chi connectivity index (χ2n) is 8.61. The Morgan fingerprint density at radius 1 is 1.20 bits per heavy atom. The van der Waals surface area contributed by atoms with Crippen LogP contribution in [-0.4, -0.2) is 39.4 Å². The Bertz CT molecular complexity index is 1160. The number of pyridine rings is 2. The SMILES string of the molecule is Cc1cncc(C(=O)N[C@H]2CC[C@@H]3[C@H]2CCN3Cc2cc3ccccc3[nH]c2=O)c1. The summed E-state index contributed by atoms with van der Waals surface area (Å²) >= 11 is 0. The summed E-state index contributed by atoms with van der Waals surface area (Å²) in [6.07, 6.45) is 6.46. The number of carbonyl (C=O) groups excluding carboxylic acids is 1. The normalized spacial score (nSPS) is 23.6. The predicted octanol–water partition coefficient (Wildman–Crippen LogP) is 3.01. The number of nitrogens with one attached hydrogen (secondary N) is 2. The Labute approximate surface area is 175 Å². The summed E-state index contributed by atoms with van der Waals surface area (Å²) < 4.78 is 0. The van der Waals surface area contributed by atoms with E-state index < -0.39 is 0 Å². The van der Waals surface area contributed by atoms with Gasteiger partial charge in [-0.15, -0.1) is 0 Å². The molecule has 1 amide bonds. The fourth-order valence-corrected chi connectivity index (χ4v) is 5.21. The van der Waals surface area contributed by atoms with Gasteiger partial charge < -0.3 is 10.3 Å². The van der Waals surface area contributed by atoms with Crippen LogP contribution in [-0.2, 0) is 6.54 Å². The highest BCUT2D eigenvalue weighted by Crippen LogP contribution is 2.39. The largest absolute Gasteiger partial charge is 0.349 e. The predicted molar refractivity (Wildman–Crippen MR) is 116 cm³/mol. The molecule has 1 aliphatic carbocycles. The van der Waals surface area contributed by atoms with Gasteiger partial charge in [0.1, 0.15) is 0 Å². The smallest absolute Gasteiger partial charge is 0.253 e. The highest BCUT2D eigenvalue weighted by Gasteiger charge is 2.44. The number of nitrogens with zero attached hydrogens (tertiary/aromatic N) is 2. The van der Waals surface area contributed by atoms with Gasteiger partial charge in [-0.2, -0.15) is 0 Å². The summed E-state index contributed by atoms with van der Waals surface area (Å²) in [5.74, 6) is 0.396. The molecule has 0 spiro atoms. The molecule has 30 heavy (non-hydrogen) atoms. The summed E-state index contributed by atoms with van der Waals surface area (Å²) in [7, 11) is 0. The maximum atomic E-state index is 12.7. The van der Waals surface area contributed by atoms with Crippen LogP contribution in [0.25, 0.3) is 10.9 Å². The molecule has 6 heteroatoms. The number of fused-ring (bicyclic) bond motifs is 2. The van der Waals surface area contributed by atoms with Crippen LogP contribution >= 0.6 is 0 Å². The fourth-order valence-electron chi connectivity index (χ4n) is 5.21. The third kappa shape index (κ3) is 3.52. The molecule has 6 nitrogen and oxygen atoms in total. The molecule has 1 saturated carbocycles. The molecule has 0 radical (unpaired) electrons. The molecule has 1 aliphatic heterocycles. The van der Waals surface area contributed by atoms with Crippen LogP contribution in [0.4, 0.5) is 0 Å². The minimum atomic E-state index is -0.0405. The van der Waals surface area contributed by atoms with Gasteiger partial charge in [-0.05, 0) is 67.8 Å². The number of para-hydroxylation sites is 1. The molecule has 2 aromatic heterocycles. The zero-order chi connectivity index (χ0) is 20.7. The maximum Gasteiger partial charge on any atom is 0.253 e. The van der Waals surface area contributed by atoms with E-state index in [-0.39, 0.29) is 17.5 Å². The van der Waals surface area contributed by atoms with E-state index in [2.05, 4.69) is 20.2 Å². The van der Waals surface area contributed by atoms with Crippen LogP contribution in [0.2, 0.25) is 0 Å². The lowest BCUT2D eigenvalue weighted by Gasteiger charge is -2.24. The van der Waals surface area contributed by atoms with Gasteiger partial charge >= 0.3 is 0 Å². The maximum absolute atomic E-state index is 12.7. The van der Waals surface area contributed by atoms with Crippen molar-refractivity contribution in [2.45, 2.75) is 44.8 Å². The quantitative estimate of drug-likeness (QED) is 0.703. The van der Waals surface area contributed by atoms with Gasteiger partial charge in [0.25, 0.3) is 11.5 Å². The average Bonchev–Trinajstić information content (AvgIpc) is 3.32. The van der Waals surface area contributed by atoms with Crippen molar-refractivity contribution >= 4 is 16.8 Å². The zero-order valence-electron chi connectivity index (χ0n) is 17.1. The Kier molecular flexibility index (Phi) is 4.87. The number of benzene rings is 1. The first-order chi connectivity index (χ1) is 14.6. The lowest BCUT2D eigenvalue weighted by atomic mass is 9.99. The molecule has 1 saturated heterocycles. The van der Waals surface area contributed by atoms with E-state index in [4.69, 9.17) is 0 Å². The van der Waals surface area contributed by atoms with Crippen LogP contribution in [0, 0.1) is 12.8 Å². The van der Waals surface area contributed by atoms with Crippen LogP contribution in [0.3, 0.4) is 0 Å². The van der Waals surface area contributed by atoms with Gasteiger partial charge in [-0.3, -0.25) is 19.5 Å². The Morgan fingerprint density at radius 3 is 2.93 bits per heavy atom. The Morgan fingerprint density at radius 2 is 2.07 bits per heavy atom. The average molecular weight is 402 g/mol. The number of aromatic nitrogens is 2. The molecule has 3 atom stereocenters. The number of rotatable bonds is 4. The van der Waals surface area contributed by atoms with Crippen molar-refractivity contribution in [3.8, 4) is 0 Å². The molecule has 3 aromatic rings. The lowest BCUT2D eigenvalue weighted by molar-refractivity contribution is 0.0926. The number of aryl methyl sites for hydroxylation is 1. The minimum Gasteiger partial charge on any atom is -0.349 e. The first kappa shape index (κ1) is 19.0. The van der Waals surface area contributed by atoms with Crippen molar-refractivity contribution in [2.24, 2.45) is 5.92 Å². The van der Waals surface area contributed by atoms with E-state index in [0.29, 0.717) is 24.1 Å². The third-order valence-electron chi connectivity index (χ3n) is 6.66. The summed E-state index contributed by atoms with van der Waals surface area (Å²) in [5.41, 5.74) is 3.29. The van der Waals surface area contributed by atoms with E-state index in [1.165, 1.54) is 0 Å². The number of H-pyrrole nitrogens is 1. The number of carbonyl (C=O) groups is 1. The molecule has 2 aliphatic rings. The summed E-state index contributed by atoms with van der Waals surface area (Å²) in [6.45, 7) is 3.56. The molecule has 3 heterocycles. The molecule has 2 N–H and O–H groups in total. The molecular weight excluding hydrogens is 376 g/mol. The standard InChI is InChI=1S/C24H26N4O2/c1-15-10-17(13-25-12-15)23(29)27-21-6-7-22-19(21)8-9-28(22)14-18-11-16-4-2-3-5-20(16)26-24(18)30/h2-5,10-13,19,21-22H,6-9,14H2,1H3,(H,26,30)(H,27,29)/t19-,21-,22+/m0/s1. The second-order valence-corrected chi connectivity index (χ2v) is 8.61. The monoisotopic (exact) mass is 402 g/mol. The molecule has 1 aromatic carbocycles. The molecule has 154 valence electrons. The fraction of sp³-hybridized carbons (Fsp3) is 0.375. The van der Waals surface area contributed by atoms with Crippen LogP contribution in [0.5, 0.6) is 0 Å². The molecular formula is C24H26N4O2. The number of likely N-dealkylation sites (tertiary alicyclic amines) is 1. The molecule has 2 fully saturated rings. The Balaban J connectivity index is 1.28. The first-order valence-electron chi connectivity index (χ1n) is 10.7. The van der Waals surface area contributed by atoms with Gasteiger partial charge in [-0.25, -0.2) is 0 Å². The van der Waals surface area contributed by atoms with E-state index >= 15 is 0 Å². The van der Waals surface area contributed by atoms with E-state index in [0.717, 1.165) is 47.8 Å². The topological polar surface area (TPSA) is 78.1 Å². The number of hydrogen-bond acceptors (Lipinski definition) is 4. The first-order valence-corrected chi connectivity index (χ1v) is 10.7. The van der Waals surface area contributed by atoms with Gasteiger partial charge in [0.15, 0.2) is 0 Å². The molecule has 0 bridgehead atoms. The van der Waals surface area contributed by atoms with Crippen molar-refractivity contribution in [3.63, 3.8) is 0 Å². The number of aromatic amines is 1. The summed E-state index contributed by atoms with van der Waals surface area (Å²) in [5, 5.41) is 4.30. The van der Waals surface area contributed by atoms with Crippen LogP contribution in [0.1, 0.15) is 40.7 Å². The van der Waals surface area contributed by atoms with Crippen molar-refractivity contribution in [1.82, 2.24) is 20.2 Å². The second kappa shape index (κ2) is 7.69. The summed E-state index contributed by atoms with van der Waals surface area (Å²) in [6, 6.07) is 12.4. The van der Waals surface area contributed by atoms with Crippen molar-refractivity contribution in [1.29, 1.82) is 0 Å². The molecule has 5 rings (SSSR count). The van der Waals surface area contributed by atoms with Gasteiger partial charge in [0, 0.05) is 42.1 Å². The number of hydrogen-bond donors (Lipinski definition) is 2. The highest BCUT2D eigenvalue weighted by atomic mass is 16.1. The van der Waals surface area contributed by atoms with Gasteiger partial charge in [0.2, 0.25) is 0 Å².